The van der Waals surface area contributed by atoms with E-state index in [0.29, 0.717) is 10.6 Å². The predicted molar refractivity (Wildman–Crippen MR) is 76.0 cm³/mol. The second-order valence-electron chi connectivity index (χ2n) is 3.74. The zero-order chi connectivity index (χ0) is 13.1. The molecular formula is C13H11ClO2S2. The zero-order valence-corrected chi connectivity index (χ0v) is 12.0. The number of rotatable bonds is 4. The Bertz CT molecular complexity index is 561. The average Bonchev–Trinajstić information content (AvgIpc) is 2.91. The van der Waals surface area contributed by atoms with Gasteiger partial charge in [-0.2, -0.15) is 0 Å². The Morgan fingerprint density at radius 3 is 2.50 bits per heavy atom. The standard InChI is InChI=1S/C13H11ClO2S2/c1-9(18(16)12-3-2-8-17-12)13(15)10-4-6-11(14)7-5-10/h2-9H,1H3. The minimum Gasteiger partial charge on any atom is -0.293 e. The first-order chi connectivity index (χ1) is 8.59. The van der Waals surface area contributed by atoms with Crippen molar-refractivity contribution in [3.63, 3.8) is 0 Å². The SMILES string of the molecule is CC(C(=O)c1ccc(Cl)cc1)S(=O)c1cccs1. The molecule has 0 saturated carbocycles. The van der Waals surface area contributed by atoms with Crippen molar-refractivity contribution in [3.8, 4) is 0 Å². The summed E-state index contributed by atoms with van der Waals surface area (Å²) in [6.45, 7) is 1.69. The van der Waals surface area contributed by atoms with Crippen LogP contribution in [0.4, 0.5) is 0 Å². The Morgan fingerprint density at radius 1 is 1.28 bits per heavy atom. The third-order valence-electron chi connectivity index (χ3n) is 2.51. The number of benzene rings is 1. The van der Waals surface area contributed by atoms with Crippen LogP contribution in [-0.2, 0) is 10.8 Å². The molecule has 2 atom stereocenters. The number of carbonyl (C=O) groups excluding carboxylic acids is 1. The first-order valence-corrected chi connectivity index (χ1v) is 7.80. The molecule has 2 aromatic rings. The fourth-order valence-electron chi connectivity index (χ4n) is 1.50. The minimum absolute atomic E-state index is 0.126. The maximum atomic E-state index is 12.2. The summed E-state index contributed by atoms with van der Waals surface area (Å²) in [6.07, 6.45) is 0. The van der Waals surface area contributed by atoms with Gasteiger partial charge in [-0.05, 0) is 42.6 Å². The summed E-state index contributed by atoms with van der Waals surface area (Å²) >= 11 is 7.17. The van der Waals surface area contributed by atoms with E-state index in [-0.39, 0.29) is 5.78 Å². The Kier molecular flexibility index (Phi) is 4.32. The lowest BCUT2D eigenvalue weighted by Gasteiger charge is -2.09. The van der Waals surface area contributed by atoms with Gasteiger partial charge < -0.3 is 0 Å². The maximum absolute atomic E-state index is 12.2. The monoisotopic (exact) mass is 298 g/mol. The van der Waals surface area contributed by atoms with E-state index in [1.807, 2.05) is 11.4 Å². The highest BCUT2D eigenvalue weighted by atomic mass is 35.5. The maximum Gasteiger partial charge on any atom is 0.178 e. The van der Waals surface area contributed by atoms with Crippen LogP contribution in [0.2, 0.25) is 5.02 Å². The molecular weight excluding hydrogens is 288 g/mol. The quantitative estimate of drug-likeness (QED) is 0.805. The number of Topliss-reactive ketones (excluding diaryl/α,β-unsaturated/α-hetero) is 1. The van der Waals surface area contributed by atoms with Crippen molar-refractivity contribution in [2.24, 2.45) is 0 Å². The van der Waals surface area contributed by atoms with Crippen LogP contribution >= 0.6 is 22.9 Å². The molecule has 1 aromatic heterocycles. The molecule has 0 aliphatic carbocycles. The normalized spacial score (nSPS) is 14.1. The van der Waals surface area contributed by atoms with E-state index in [0.717, 1.165) is 4.21 Å². The summed E-state index contributed by atoms with van der Waals surface area (Å²) < 4.78 is 12.9. The van der Waals surface area contributed by atoms with Gasteiger partial charge in [0.2, 0.25) is 0 Å². The van der Waals surface area contributed by atoms with Gasteiger partial charge in [0, 0.05) is 10.6 Å². The van der Waals surface area contributed by atoms with Crippen molar-refractivity contribution < 1.29 is 9.00 Å². The number of hydrogen-bond donors (Lipinski definition) is 0. The molecule has 0 aliphatic heterocycles. The third kappa shape index (κ3) is 2.88. The van der Waals surface area contributed by atoms with Crippen LogP contribution in [0.1, 0.15) is 17.3 Å². The summed E-state index contributed by atoms with van der Waals surface area (Å²) in [7, 11) is -1.30. The van der Waals surface area contributed by atoms with Gasteiger partial charge in [0.05, 0.1) is 15.0 Å². The minimum atomic E-state index is -1.30. The zero-order valence-electron chi connectivity index (χ0n) is 9.63. The van der Waals surface area contributed by atoms with Crippen molar-refractivity contribution in [1.82, 2.24) is 0 Å². The van der Waals surface area contributed by atoms with Gasteiger partial charge in [0.15, 0.2) is 5.78 Å². The van der Waals surface area contributed by atoms with Crippen molar-refractivity contribution in [1.29, 1.82) is 0 Å². The number of halogens is 1. The molecule has 0 bridgehead atoms. The van der Waals surface area contributed by atoms with E-state index < -0.39 is 16.0 Å². The number of ketones is 1. The van der Waals surface area contributed by atoms with Crippen LogP contribution in [-0.4, -0.2) is 15.2 Å². The van der Waals surface area contributed by atoms with Crippen LogP contribution in [0.15, 0.2) is 46.0 Å². The molecule has 0 N–H and O–H groups in total. The van der Waals surface area contributed by atoms with Gasteiger partial charge in [-0.3, -0.25) is 9.00 Å². The molecule has 94 valence electrons. The second kappa shape index (κ2) is 5.78. The fourth-order valence-corrected chi connectivity index (χ4v) is 3.94. The third-order valence-corrected chi connectivity index (χ3v) is 5.60. The first-order valence-electron chi connectivity index (χ1n) is 5.33. The number of hydrogen-bond acceptors (Lipinski definition) is 3. The smallest absolute Gasteiger partial charge is 0.178 e. The number of carbonyl (C=O) groups is 1. The van der Waals surface area contributed by atoms with E-state index >= 15 is 0 Å². The Hall–Kier alpha value is -0.970. The van der Waals surface area contributed by atoms with E-state index in [1.165, 1.54) is 11.3 Å². The summed E-state index contributed by atoms with van der Waals surface area (Å²) in [6, 6.07) is 10.3. The predicted octanol–water partition coefficient (Wildman–Crippen LogP) is 3.78. The Labute approximate surface area is 117 Å². The van der Waals surface area contributed by atoms with Gasteiger partial charge in [-0.25, -0.2) is 0 Å². The molecule has 5 heteroatoms. The largest absolute Gasteiger partial charge is 0.293 e. The van der Waals surface area contributed by atoms with E-state index in [1.54, 1.807) is 37.3 Å². The van der Waals surface area contributed by atoms with E-state index in [4.69, 9.17) is 11.6 Å². The van der Waals surface area contributed by atoms with E-state index in [2.05, 4.69) is 0 Å². The fraction of sp³-hybridized carbons (Fsp3) is 0.154. The molecule has 0 aliphatic rings. The number of thiophene rings is 1. The summed E-state index contributed by atoms with van der Waals surface area (Å²) in [4.78, 5) is 12.2. The van der Waals surface area contributed by atoms with Gasteiger partial charge in [-0.1, -0.05) is 17.7 Å². The molecule has 0 saturated heterocycles. The summed E-state index contributed by atoms with van der Waals surface area (Å²) in [5, 5.41) is 1.88. The van der Waals surface area contributed by atoms with Crippen LogP contribution in [0.25, 0.3) is 0 Å². The lowest BCUT2D eigenvalue weighted by atomic mass is 10.1. The molecule has 0 amide bonds. The molecule has 1 aromatic carbocycles. The van der Waals surface area contributed by atoms with Gasteiger partial charge in [0.1, 0.15) is 5.25 Å². The molecule has 18 heavy (non-hydrogen) atoms. The molecule has 0 fully saturated rings. The van der Waals surface area contributed by atoms with Crippen LogP contribution in [0.3, 0.4) is 0 Å². The highest BCUT2D eigenvalue weighted by molar-refractivity contribution is 7.88. The molecule has 0 radical (unpaired) electrons. The van der Waals surface area contributed by atoms with Crippen molar-refractivity contribution in [3.05, 3.63) is 52.4 Å². The molecule has 1 heterocycles. The first kappa shape index (κ1) is 13.5. The lowest BCUT2D eigenvalue weighted by Crippen LogP contribution is -2.22. The summed E-state index contributed by atoms with van der Waals surface area (Å²) in [5.74, 6) is -0.126. The van der Waals surface area contributed by atoms with E-state index in [9.17, 15) is 9.00 Å². The van der Waals surface area contributed by atoms with Gasteiger partial charge >= 0.3 is 0 Å². The summed E-state index contributed by atoms with van der Waals surface area (Å²) in [5.41, 5.74) is 0.539. The lowest BCUT2D eigenvalue weighted by molar-refractivity contribution is 0.0992. The van der Waals surface area contributed by atoms with Crippen molar-refractivity contribution in [2.75, 3.05) is 0 Å². The van der Waals surface area contributed by atoms with Gasteiger partial charge in [0.25, 0.3) is 0 Å². The highest BCUT2D eigenvalue weighted by Crippen LogP contribution is 2.20. The van der Waals surface area contributed by atoms with Crippen LogP contribution in [0, 0.1) is 0 Å². The Balaban J connectivity index is 2.19. The molecule has 2 nitrogen and oxygen atoms in total. The molecule has 0 spiro atoms. The topological polar surface area (TPSA) is 34.1 Å². The second-order valence-corrected chi connectivity index (χ2v) is 7.13. The highest BCUT2D eigenvalue weighted by Gasteiger charge is 2.23. The molecule has 2 unspecified atom stereocenters. The molecule has 2 rings (SSSR count). The Morgan fingerprint density at radius 2 is 1.94 bits per heavy atom. The average molecular weight is 299 g/mol. The van der Waals surface area contributed by atoms with Crippen LogP contribution in [0.5, 0.6) is 0 Å². The van der Waals surface area contributed by atoms with Crippen LogP contribution < -0.4 is 0 Å². The van der Waals surface area contributed by atoms with Gasteiger partial charge in [-0.15, -0.1) is 11.3 Å². The van der Waals surface area contributed by atoms with Crippen molar-refractivity contribution in [2.45, 2.75) is 16.4 Å². The van der Waals surface area contributed by atoms with Crippen molar-refractivity contribution >= 4 is 39.5 Å².